The summed E-state index contributed by atoms with van der Waals surface area (Å²) in [5.41, 5.74) is 1.74. The van der Waals surface area contributed by atoms with E-state index in [4.69, 9.17) is 4.74 Å². The SMILES string of the molecule is C[C@H](O)C#Cc1ccc2c(c1)O[C@@H](CN(C)Cc1ccccc1)[C@@H](C)CN([C@@H](C)CO)S2(=O)=O. The summed E-state index contributed by atoms with van der Waals surface area (Å²) < 4.78 is 34.8. The van der Waals surface area contributed by atoms with Crippen LogP contribution in [0, 0.1) is 17.8 Å². The molecule has 0 fully saturated rings. The summed E-state index contributed by atoms with van der Waals surface area (Å²) >= 11 is 0. The molecule has 34 heavy (non-hydrogen) atoms. The Morgan fingerprint density at radius 2 is 1.91 bits per heavy atom. The molecule has 2 aromatic carbocycles. The highest BCUT2D eigenvalue weighted by molar-refractivity contribution is 7.89. The zero-order valence-electron chi connectivity index (χ0n) is 20.2. The molecule has 0 amide bonds. The molecule has 0 saturated heterocycles. The Morgan fingerprint density at radius 1 is 1.21 bits per heavy atom. The van der Waals surface area contributed by atoms with Crippen molar-refractivity contribution in [3.05, 3.63) is 59.7 Å². The van der Waals surface area contributed by atoms with E-state index in [9.17, 15) is 18.6 Å². The Balaban J connectivity index is 1.99. The lowest BCUT2D eigenvalue weighted by Gasteiger charge is -2.37. The van der Waals surface area contributed by atoms with Crippen LogP contribution in [0.15, 0.2) is 53.4 Å². The van der Waals surface area contributed by atoms with E-state index in [2.05, 4.69) is 28.9 Å². The van der Waals surface area contributed by atoms with Crippen molar-refractivity contribution in [3.8, 4) is 17.6 Å². The van der Waals surface area contributed by atoms with Gasteiger partial charge >= 0.3 is 0 Å². The predicted octanol–water partition coefficient (Wildman–Crippen LogP) is 2.32. The number of hydrogen-bond donors (Lipinski definition) is 2. The minimum absolute atomic E-state index is 0.0537. The molecule has 4 atom stereocenters. The van der Waals surface area contributed by atoms with Crippen molar-refractivity contribution in [3.63, 3.8) is 0 Å². The number of ether oxygens (including phenoxy) is 1. The fraction of sp³-hybridized carbons (Fsp3) is 0.462. The first-order valence-corrected chi connectivity index (χ1v) is 12.9. The highest BCUT2D eigenvalue weighted by Crippen LogP contribution is 2.34. The van der Waals surface area contributed by atoms with Gasteiger partial charge in [0.15, 0.2) is 0 Å². The van der Waals surface area contributed by atoms with Gasteiger partial charge in [0, 0.05) is 37.2 Å². The van der Waals surface area contributed by atoms with E-state index in [0.29, 0.717) is 12.1 Å². The standard InChI is InChI=1S/C26H34N2O5S/c1-19-15-28(20(2)18-29)34(31,32)26-13-12-22(11-10-21(3)30)14-24(26)33-25(19)17-27(4)16-23-8-6-5-7-9-23/h5-9,12-14,19-21,25,29-30H,15-18H2,1-4H3/t19-,20-,21-,25-/m0/s1. The topological polar surface area (TPSA) is 90.3 Å². The summed E-state index contributed by atoms with van der Waals surface area (Å²) in [4.78, 5) is 2.21. The Kier molecular flexibility index (Phi) is 8.74. The van der Waals surface area contributed by atoms with Crippen LogP contribution in [0.4, 0.5) is 0 Å². The number of hydrogen-bond acceptors (Lipinski definition) is 6. The quantitative estimate of drug-likeness (QED) is 0.609. The van der Waals surface area contributed by atoms with Crippen LogP contribution < -0.4 is 4.74 Å². The van der Waals surface area contributed by atoms with E-state index >= 15 is 0 Å². The third kappa shape index (κ3) is 6.38. The number of sulfonamides is 1. The van der Waals surface area contributed by atoms with Crippen molar-refractivity contribution in [1.82, 2.24) is 9.21 Å². The maximum absolute atomic E-state index is 13.5. The van der Waals surface area contributed by atoms with Crippen LogP contribution in [-0.4, -0.2) is 72.8 Å². The van der Waals surface area contributed by atoms with Crippen molar-refractivity contribution in [1.29, 1.82) is 0 Å². The van der Waals surface area contributed by atoms with Gasteiger partial charge in [-0.1, -0.05) is 49.1 Å². The minimum Gasteiger partial charge on any atom is -0.487 e. The average Bonchev–Trinajstić information content (AvgIpc) is 2.80. The number of nitrogens with zero attached hydrogens (tertiary/aromatic N) is 2. The van der Waals surface area contributed by atoms with Gasteiger partial charge in [-0.05, 0) is 44.7 Å². The summed E-state index contributed by atoms with van der Waals surface area (Å²) in [5, 5.41) is 19.3. The van der Waals surface area contributed by atoms with Crippen molar-refractivity contribution >= 4 is 10.0 Å². The molecule has 0 spiro atoms. The van der Waals surface area contributed by atoms with Crippen LogP contribution in [-0.2, 0) is 16.6 Å². The average molecular weight is 487 g/mol. The van der Waals surface area contributed by atoms with E-state index in [1.165, 1.54) is 15.9 Å². The van der Waals surface area contributed by atoms with Crippen LogP contribution in [0.3, 0.4) is 0 Å². The predicted molar refractivity (Wildman–Crippen MR) is 132 cm³/mol. The number of likely N-dealkylation sites (N-methyl/N-ethyl adjacent to an activating group) is 1. The molecule has 2 N–H and O–H groups in total. The van der Waals surface area contributed by atoms with Gasteiger partial charge in [-0.15, -0.1) is 0 Å². The van der Waals surface area contributed by atoms with Gasteiger partial charge in [0.2, 0.25) is 10.0 Å². The Hall–Kier alpha value is -2.41. The van der Waals surface area contributed by atoms with E-state index in [1.807, 2.05) is 32.2 Å². The number of benzene rings is 2. The maximum atomic E-state index is 13.5. The molecule has 0 aromatic heterocycles. The Morgan fingerprint density at radius 3 is 2.56 bits per heavy atom. The summed E-state index contributed by atoms with van der Waals surface area (Å²) in [6, 6.07) is 14.3. The lowest BCUT2D eigenvalue weighted by Crippen LogP contribution is -2.49. The van der Waals surface area contributed by atoms with Gasteiger partial charge in [-0.3, -0.25) is 4.90 Å². The molecular weight excluding hydrogens is 452 g/mol. The van der Waals surface area contributed by atoms with Crippen molar-refractivity contribution < 1.29 is 23.4 Å². The van der Waals surface area contributed by atoms with Gasteiger partial charge in [-0.25, -0.2) is 8.42 Å². The van der Waals surface area contributed by atoms with Crippen molar-refractivity contribution in [2.24, 2.45) is 5.92 Å². The molecule has 1 aliphatic rings. The molecule has 184 valence electrons. The smallest absolute Gasteiger partial charge is 0.247 e. The van der Waals surface area contributed by atoms with Gasteiger partial charge < -0.3 is 14.9 Å². The van der Waals surface area contributed by atoms with E-state index < -0.39 is 22.2 Å². The van der Waals surface area contributed by atoms with Gasteiger partial charge in [-0.2, -0.15) is 4.31 Å². The van der Waals surface area contributed by atoms with Gasteiger partial charge in [0.1, 0.15) is 22.9 Å². The number of aliphatic hydroxyl groups is 2. The zero-order valence-corrected chi connectivity index (χ0v) is 21.0. The molecular formula is C26H34N2O5S. The molecule has 0 unspecified atom stereocenters. The summed E-state index contributed by atoms with van der Waals surface area (Å²) in [6.45, 7) is 6.50. The van der Waals surface area contributed by atoms with Crippen LogP contribution >= 0.6 is 0 Å². The fourth-order valence-electron chi connectivity index (χ4n) is 3.98. The Bertz CT molecular complexity index is 1120. The zero-order chi connectivity index (χ0) is 24.9. The van der Waals surface area contributed by atoms with E-state index in [0.717, 1.165) is 6.54 Å². The van der Waals surface area contributed by atoms with Crippen LogP contribution in [0.2, 0.25) is 0 Å². The molecule has 8 heteroatoms. The summed E-state index contributed by atoms with van der Waals surface area (Å²) in [6.07, 6.45) is -1.09. The molecule has 1 heterocycles. The second kappa shape index (κ2) is 11.3. The Labute approximate surface area is 203 Å². The largest absolute Gasteiger partial charge is 0.487 e. The molecule has 0 aliphatic carbocycles. The fourth-order valence-corrected chi connectivity index (χ4v) is 5.80. The molecule has 0 saturated carbocycles. The molecule has 2 aromatic rings. The highest BCUT2D eigenvalue weighted by atomic mass is 32.2. The third-order valence-corrected chi connectivity index (χ3v) is 7.90. The molecule has 0 bridgehead atoms. The van der Waals surface area contributed by atoms with E-state index in [-0.39, 0.29) is 35.8 Å². The molecule has 7 nitrogen and oxygen atoms in total. The normalized spacial score (nSPS) is 21.9. The van der Waals surface area contributed by atoms with Crippen LogP contribution in [0.25, 0.3) is 0 Å². The molecule has 3 rings (SSSR count). The maximum Gasteiger partial charge on any atom is 0.247 e. The lowest BCUT2D eigenvalue weighted by molar-refractivity contribution is 0.0733. The van der Waals surface area contributed by atoms with E-state index in [1.54, 1.807) is 26.0 Å². The monoisotopic (exact) mass is 486 g/mol. The number of aliphatic hydroxyl groups excluding tert-OH is 2. The first kappa shape index (κ1) is 26.2. The molecule has 0 radical (unpaired) electrons. The van der Waals surface area contributed by atoms with Crippen molar-refractivity contribution in [2.45, 2.75) is 50.5 Å². The second-order valence-electron chi connectivity index (χ2n) is 9.03. The first-order chi connectivity index (χ1) is 16.1. The van der Waals surface area contributed by atoms with Gasteiger partial charge in [0.05, 0.1) is 6.61 Å². The van der Waals surface area contributed by atoms with Crippen LogP contribution in [0.1, 0.15) is 31.9 Å². The first-order valence-electron chi connectivity index (χ1n) is 11.5. The number of rotatable bonds is 6. The minimum atomic E-state index is -3.90. The van der Waals surface area contributed by atoms with Gasteiger partial charge in [0.25, 0.3) is 0 Å². The third-order valence-electron chi connectivity index (χ3n) is 5.88. The molecule has 1 aliphatic heterocycles. The summed E-state index contributed by atoms with van der Waals surface area (Å²) in [5.74, 6) is 5.64. The van der Waals surface area contributed by atoms with Crippen LogP contribution in [0.5, 0.6) is 5.75 Å². The second-order valence-corrected chi connectivity index (χ2v) is 10.9. The number of fused-ring (bicyclic) bond motifs is 1. The highest BCUT2D eigenvalue weighted by Gasteiger charge is 2.38. The lowest BCUT2D eigenvalue weighted by atomic mass is 10.0. The summed E-state index contributed by atoms with van der Waals surface area (Å²) in [7, 11) is -1.89. The van der Waals surface area contributed by atoms with Crippen molar-refractivity contribution in [2.75, 3.05) is 26.7 Å².